The van der Waals surface area contributed by atoms with E-state index >= 15 is 0 Å². The Hall–Kier alpha value is -1.61. The quantitative estimate of drug-likeness (QED) is 0.837. The lowest BCUT2D eigenvalue weighted by molar-refractivity contribution is -0.136. The predicted molar refractivity (Wildman–Crippen MR) is 74.7 cm³/mol. The van der Waals surface area contributed by atoms with Gasteiger partial charge in [-0.25, -0.2) is 0 Å². The van der Waals surface area contributed by atoms with Crippen LogP contribution in [0.5, 0.6) is 0 Å². The molecule has 0 bridgehead atoms. The Morgan fingerprint density at radius 1 is 1.35 bits per heavy atom. The SMILES string of the molecule is CSCC(C)n1ccc2c(C(F)(F)F)c(C#N)ccc21. The lowest BCUT2D eigenvalue weighted by Gasteiger charge is -2.15. The van der Waals surface area contributed by atoms with Crippen LogP contribution in [0.1, 0.15) is 24.1 Å². The molecule has 1 heterocycles. The Labute approximate surface area is 119 Å². The number of nitriles is 1. The summed E-state index contributed by atoms with van der Waals surface area (Å²) in [6.45, 7) is 1.96. The maximum absolute atomic E-state index is 13.2. The first-order valence-corrected chi connectivity index (χ1v) is 7.39. The van der Waals surface area contributed by atoms with Crippen LogP contribution in [0, 0.1) is 11.3 Å². The fraction of sp³-hybridized carbons (Fsp3) is 0.357. The molecular formula is C14H13F3N2S. The highest BCUT2D eigenvalue weighted by Crippen LogP contribution is 2.38. The van der Waals surface area contributed by atoms with Crippen LogP contribution in [0.25, 0.3) is 10.9 Å². The third-order valence-corrected chi connectivity index (χ3v) is 4.00. The van der Waals surface area contributed by atoms with Gasteiger partial charge in [0.1, 0.15) is 0 Å². The third-order valence-electron chi connectivity index (χ3n) is 3.19. The zero-order chi connectivity index (χ0) is 14.9. The summed E-state index contributed by atoms with van der Waals surface area (Å²) in [5, 5.41) is 8.97. The van der Waals surface area contributed by atoms with Crippen molar-refractivity contribution in [2.75, 3.05) is 12.0 Å². The summed E-state index contributed by atoms with van der Waals surface area (Å²) in [5.41, 5.74) is -0.661. The van der Waals surface area contributed by atoms with Gasteiger partial charge < -0.3 is 4.57 Å². The molecule has 0 aliphatic carbocycles. The molecule has 6 heteroatoms. The molecule has 0 saturated heterocycles. The van der Waals surface area contributed by atoms with Crippen molar-refractivity contribution in [2.45, 2.75) is 19.1 Å². The first kappa shape index (κ1) is 14.8. The fourth-order valence-corrected chi connectivity index (χ4v) is 2.98. The topological polar surface area (TPSA) is 28.7 Å². The number of hydrogen-bond donors (Lipinski definition) is 0. The van der Waals surface area contributed by atoms with Crippen molar-refractivity contribution in [3.8, 4) is 6.07 Å². The van der Waals surface area contributed by atoms with Gasteiger partial charge in [-0.2, -0.15) is 30.2 Å². The summed E-state index contributed by atoms with van der Waals surface area (Å²) >= 11 is 1.64. The fourth-order valence-electron chi connectivity index (χ4n) is 2.34. The summed E-state index contributed by atoms with van der Waals surface area (Å²) < 4.78 is 41.3. The maximum atomic E-state index is 13.2. The number of halogens is 3. The highest BCUT2D eigenvalue weighted by molar-refractivity contribution is 7.98. The van der Waals surface area contributed by atoms with Gasteiger partial charge in [-0.15, -0.1) is 0 Å². The van der Waals surface area contributed by atoms with Crippen molar-refractivity contribution < 1.29 is 13.2 Å². The summed E-state index contributed by atoms with van der Waals surface area (Å²) in [6.07, 6.45) is -0.918. The van der Waals surface area contributed by atoms with Gasteiger partial charge in [0.2, 0.25) is 0 Å². The van der Waals surface area contributed by atoms with Crippen LogP contribution in [0.3, 0.4) is 0 Å². The third kappa shape index (κ3) is 2.50. The average Bonchev–Trinajstić information content (AvgIpc) is 2.80. The second kappa shape index (κ2) is 5.41. The minimum Gasteiger partial charge on any atom is -0.344 e. The number of fused-ring (bicyclic) bond motifs is 1. The van der Waals surface area contributed by atoms with Gasteiger partial charge in [0, 0.05) is 28.9 Å². The standard InChI is InChI=1S/C14H13F3N2S/c1-9(8-20-2)19-6-5-11-12(19)4-3-10(7-18)13(11)14(15,16)17/h3-6,9H,8H2,1-2H3. The highest BCUT2D eigenvalue weighted by atomic mass is 32.2. The number of alkyl halides is 3. The van der Waals surface area contributed by atoms with Gasteiger partial charge in [-0.3, -0.25) is 0 Å². The smallest absolute Gasteiger partial charge is 0.344 e. The van der Waals surface area contributed by atoms with Gasteiger partial charge in [-0.1, -0.05) is 0 Å². The van der Waals surface area contributed by atoms with Crippen LogP contribution in [-0.4, -0.2) is 16.6 Å². The predicted octanol–water partition coefficient (Wildman–Crippen LogP) is 4.46. The van der Waals surface area contributed by atoms with E-state index in [1.54, 1.807) is 30.1 Å². The number of aromatic nitrogens is 1. The minimum absolute atomic E-state index is 0.0875. The van der Waals surface area contributed by atoms with E-state index in [1.165, 1.54) is 12.1 Å². The van der Waals surface area contributed by atoms with E-state index in [9.17, 15) is 13.2 Å². The molecular weight excluding hydrogens is 285 g/mol. The lowest BCUT2D eigenvalue weighted by Crippen LogP contribution is -2.10. The number of rotatable bonds is 3. The molecule has 0 radical (unpaired) electrons. The van der Waals surface area contributed by atoms with Crippen LogP contribution in [0.2, 0.25) is 0 Å². The van der Waals surface area contributed by atoms with Crippen molar-refractivity contribution >= 4 is 22.7 Å². The van der Waals surface area contributed by atoms with E-state index in [4.69, 9.17) is 5.26 Å². The summed E-state index contributed by atoms with van der Waals surface area (Å²) in [5.74, 6) is 0.811. The normalized spacial score (nSPS) is 13.4. The van der Waals surface area contributed by atoms with Crippen LogP contribution in [0.4, 0.5) is 13.2 Å². The monoisotopic (exact) mass is 298 g/mol. The molecule has 0 spiro atoms. The maximum Gasteiger partial charge on any atom is 0.418 e. The van der Waals surface area contributed by atoms with Gasteiger partial charge in [0.15, 0.2) is 0 Å². The Morgan fingerprint density at radius 3 is 2.60 bits per heavy atom. The van der Waals surface area contributed by atoms with Crippen molar-refractivity contribution in [3.05, 3.63) is 35.5 Å². The Kier molecular flexibility index (Phi) is 4.00. The molecule has 0 aliphatic rings. The number of hydrogen-bond acceptors (Lipinski definition) is 2. The molecule has 106 valence electrons. The second-order valence-corrected chi connectivity index (χ2v) is 5.47. The summed E-state index contributed by atoms with van der Waals surface area (Å²) in [7, 11) is 0. The van der Waals surface area contributed by atoms with Crippen molar-refractivity contribution in [1.82, 2.24) is 4.57 Å². The van der Waals surface area contributed by atoms with Gasteiger partial charge >= 0.3 is 6.18 Å². The minimum atomic E-state index is -4.53. The van der Waals surface area contributed by atoms with E-state index in [-0.39, 0.29) is 17.0 Å². The number of thioether (sulfide) groups is 1. The molecule has 0 saturated carbocycles. The number of benzene rings is 1. The largest absolute Gasteiger partial charge is 0.418 e. The molecule has 0 aliphatic heterocycles. The van der Waals surface area contributed by atoms with Crippen LogP contribution >= 0.6 is 11.8 Å². The van der Waals surface area contributed by atoms with Crippen molar-refractivity contribution in [3.63, 3.8) is 0 Å². The molecule has 1 unspecified atom stereocenters. The Bertz CT molecular complexity index is 667. The molecule has 2 nitrogen and oxygen atoms in total. The van der Waals surface area contributed by atoms with Crippen LogP contribution in [0.15, 0.2) is 24.4 Å². The van der Waals surface area contributed by atoms with Gasteiger partial charge in [0.25, 0.3) is 0 Å². The lowest BCUT2D eigenvalue weighted by atomic mass is 10.0. The van der Waals surface area contributed by atoms with E-state index in [0.717, 1.165) is 5.75 Å². The van der Waals surface area contributed by atoms with E-state index in [0.29, 0.717) is 5.52 Å². The number of nitrogens with zero attached hydrogens (tertiary/aromatic N) is 2. The molecule has 2 rings (SSSR count). The van der Waals surface area contributed by atoms with Crippen molar-refractivity contribution in [1.29, 1.82) is 5.26 Å². The zero-order valence-corrected chi connectivity index (χ0v) is 11.8. The molecule has 1 aromatic heterocycles. The van der Waals surface area contributed by atoms with Crippen LogP contribution in [-0.2, 0) is 6.18 Å². The summed E-state index contributed by atoms with van der Waals surface area (Å²) in [6, 6.07) is 5.99. The van der Waals surface area contributed by atoms with Crippen LogP contribution < -0.4 is 0 Å². The van der Waals surface area contributed by atoms with E-state index < -0.39 is 11.7 Å². The Balaban J connectivity index is 2.69. The Morgan fingerprint density at radius 2 is 2.05 bits per heavy atom. The first-order chi connectivity index (χ1) is 9.40. The molecule has 0 fully saturated rings. The van der Waals surface area contributed by atoms with Gasteiger partial charge in [0.05, 0.1) is 17.2 Å². The zero-order valence-electron chi connectivity index (χ0n) is 11.0. The van der Waals surface area contributed by atoms with Crippen molar-refractivity contribution in [2.24, 2.45) is 0 Å². The van der Waals surface area contributed by atoms with Gasteiger partial charge in [-0.05, 0) is 31.4 Å². The molecule has 1 aromatic carbocycles. The van der Waals surface area contributed by atoms with E-state index in [2.05, 4.69) is 0 Å². The molecule has 2 aromatic rings. The summed E-state index contributed by atoms with van der Waals surface area (Å²) in [4.78, 5) is 0. The first-order valence-electron chi connectivity index (χ1n) is 6.00. The molecule has 20 heavy (non-hydrogen) atoms. The highest BCUT2D eigenvalue weighted by Gasteiger charge is 2.36. The molecule has 0 N–H and O–H groups in total. The molecule has 1 atom stereocenters. The average molecular weight is 298 g/mol. The second-order valence-electron chi connectivity index (χ2n) is 4.56. The molecule has 0 amide bonds. The van der Waals surface area contributed by atoms with E-state index in [1.807, 2.05) is 17.7 Å².